The maximum Gasteiger partial charge on any atom is 0.239 e. The van der Waals surface area contributed by atoms with Gasteiger partial charge < -0.3 is 10.1 Å². The van der Waals surface area contributed by atoms with Gasteiger partial charge in [-0.25, -0.2) is 4.39 Å². The Balaban J connectivity index is 2.93. The van der Waals surface area contributed by atoms with E-state index in [0.29, 0.717) is 11.4 Å². The van der Waals surface area contributed by atoms with Crippen molar-refractivity contribution in [1.82, 2.24) is 0 Å². The molecule has 16 heavy (non-hydrogen) atoms. The molecule has 0 saturated carbocycles. The lowest BCUT2D eigenvalue weighted by atomic mass is 10.2. The van der Waals surface area contributed by atoms with Gasteiger partial charge in [0.15, 0.2) is 0 Å². The van der Waals surface area contributed by atoms with Gasteiger partial charge in [-0.3, -0.25) is 4.79 Å². The van der Waals surface area contributed by atoms with Gasteiger partial charge in [0.2, 0.25) is 5.91 Å². The maximum atomic E-state index is 13.0. The summed E-state index contributed by atoms with van der Waals surface area (Å²) in [5.74, 6) is -0.631. The molecule has 0 aliphatic carbocycles. The van der Waals surface area contributed by atoms with Gasteiger partial charge in [0.05, 0.1) is 11.8 Å². The number of carbonyl (C=O) groups is 1. The molecule has 0 spiro atoms. The van der Waals surface area contributed by atoms with Gasteiger partial charge in [-0.15, -0.1) is 11.6 Å². The van der Waals surface area contributed by atoms with Gasteiger partial charge in [-0.1, -0.05) is 0 Å². The number of ether oxygens (including phenoxy) is 1. The standard InChI is InChI=1S/C11H13ClFNO2/c1-7(2)16-10-5-8(13)3-4-9(10)14-11(15)6-12/h3-5,7H,6H2,1-2H3,(H,14,15). The Morgan fingerprint density at radius 3 is 2.81 bits per heavy atom. The van der Waals surface area contributed by atoms with E-state index in [-0.39, 0.29) is 17.9 Å². The molecule has 0 bridgehead atoms. The van der Waals surface area contributed by atoms with Crippen LogP contribution < -0.4 is 10.1 Å². The molecule has 0 radical (unpaired) electrons. The molecule has 3 nitrogen and oxygen atoms in total. The molecule has 88 valence electrons. The summed E-state index contributed by atoms with van der Waals surface area (Å²) < 4.78 is 18.4. The minimum Gasteiger partial charge on any atom is -0.489 e. The largest absolute Gasteiger partial charge is 0.489 e. The first kappa shape index (κ1) is 12.8. The van der Waals surface area contributed by atoms with E-state index in [1.54, 1.807) is 0 Å². The highest BCUT2D eigenvalue weighted by Crippen LogP contribution is 2.26. The molecular formula is C11H13ClFNO2. The Kier molecular flexibility index (Phi) is 4.55. The lowest BCUT2D eigenvalue weighted by Gasteiger charge is -2.14. The third kappa shape index (κ3) is 3.70. The van der Waals surface area contributed by atoms with Crippen molar-refractivity contribution in [3.8, 4) is 5.75 Å². The van der Waals surface area contributed by atoms with Gasteiger partial charge in [-0.05, 0) is 26.0 Å². The predicted molar refractivity (Wildman–Crippen MR) is 61.5 cm³/mol. The van der Waals surface area contributed by atoms with Crippen LogP contribution in [0.1, 0.15) is 13.8 Å². The number of carbonyl (C=O) groups excluding carboxylic acids is 1. The summed E-state index contributed by atoms with van der Waals surface area (Å²) in [5.41, 5.74) is 0.417. The Morgan fingerprint density at radius 2 is 2.25 bits per heavy atom. The number of nitrogens with one attached hydrogen (secondary N) is 1. The fourth-order valence-electron chi connectivity index (χ4n) is 1.13. The molecule has 0 fully saturated rings. The van der Waals surface area contributed by atoms with Crippen molar-refractivity contribution in [2.45, 2.75) is 20.0 Å². The molecule has 0 atom stereocenters. The van der Waals surface area contributed by atoms with Gasteiger partial charge >= 0.3 is 0 Å². The molecule has 1 aromatic carbocycles. The molecule has 0 unspecified atom stereocenters. The van der Waals surface area contributed by atoms with Crippen LogP contribution in [0.2, 0.25) is 0 Å². The first-order valence-corrected chi connectivity index (χ1v) is 5.38. The highest BCUT2D eigenvalue weighted by Gasteiger charge is 2.09. The Labute approximate surface area is 98.5 Å². The van der Waals surface area contributed by atoms with E-state index < -0.39 is 5.82 Å². The number of halogens is 2. The van der Waals surface area contributed by atoms with E-state index >= 15 is 0 Å². The van der Waals surface area contributed by atoms with Crippen molar-refractivity contribution in [3.63, 3.8) is 0 Å². The number of anilines is 1. The molecule has 5 heteroatoms. The van der Waals surface area contributed by atoms with Crippen LogP contribution >= 0.6 is 11.6 Å². The summed E-state index contributed by atoms with van der Waals surface area (Å²) in [6, 6.07) is 3.92. The highest BCUT2D eigenvalue weighted by molar-refractivity contribution is 6.29. The quantitative estimate of drug-likeness (QED) is 0.829. The van der Waals surface area contributed by atoms with Crippen LogP contribution in [0.3, 0.4) is 0 Å². The number of benzene rings is 1. The van der Waals surface area contributed by atoms with Crippen molar-refractivity contribution in [1.29, 1.82) is 0 Å². The smallest absolute Gasteiger partial charge is 0.239 e. The summed E-state index contributed by atoms with van der Waals surface area (Å²) in [4.78, 5) is 11.1. The minimum absolute atomic E-state index is 0.103. The Bertz CT molecular complexity index is 382. The first-order valence-electron chi connectivity index (χ1n) is 4.85. The lowest BCUT2D eigenvalue weighted by molar-refractivity contribution is -0.113. The van der Waals surface area contributed by atoms with Crippen molar-refractivity contribution in [3.05, 3.63) is 24.0 Å². The molecule has 1 rings (SSSR count). The number of rotatable bonds is 4. The Morgan fingerprint density at radius 1 is 1.56 bits per heavy atom. The fourth-order valence-corrected chi connectivity index (χ4v) is 1.20. The molecular weight excluding hydrogens is 233 g/mol. The van der Waals surface area contributed by atoms with Crippen LogP contribution in [0, 0.1) is 5.82 Å². The molecule has 0 aromatic heterocycles. The third-order valence-corrected chi connectivity index (χ3v) is 1.94. The summed E-state index contributed by atoms with van der Waals surface area (Å²) in [6.07, 6.45) is -0.103. The molecule has 0 heterocycles. The zero-order valence-corrected chi connectivity index (χ0v) is 9.84. The number of alkyl halides is 1. The SMILES string of the molecule is CC(C)Oc1cc(F)ccc1NC(=O)CCl. The van der Waals surface area contributed by atoms with Crippen molar-refractivity contribution < 1.29 is 13.9 Å². The van der Waals surface area contributed by atoms with Crippen LogP contribution in [0.4, 0.5) is 10.1 Å². The maximum absolute atomic E-state index is 13.0. The number of hydrogen-bond acceptors (Lipinski definition) is 2. The van der Waals surface area contributed by atoms with E-state index in [1.807, 2.05) is 13.8 Å². The van der Waals surface area contributed by atoms with Crippen LogP contribution in [0.15, 0.2) is 18.2 Å². The van der Waals surface area contributed by atoms with Crippen LogP contribution in [0.25, 0.3) is 0 Å². The molecule has 1 amide bonds. The summed E-state index contributed by atoms with van der Waals surface area (Å²) >= 11 is 5.36. The molecule has 1 aromatic rings. The fraction of sp³-hybridized carbons (Fsp3) is 0.364. The minimum atomic E-state index is -0.417. The zero-order chi connectivity index (χ0) is 12.1. The van der Waals surface area contributed by atoms with Crippen molar-refractivity contribution in [2.75, 3.05) is 11.2 Å². The molecule has 0 saturated heterocycles. The molecule has 0 aliphatic heterocycles. The highest BCUT2D eigenvalue weighted by atomic mass is 35.5. The average molecular weight is 246 g/mol. The van der Waals surface area contributed by atoms with Gasteiger partial charge in [0.1, 0.15) is 17.4 Å². The summed E-state index contributed by atoms with van der Waals surface area (Å²) in [5, 5.41) is 2.53. The average Bonchev–Trinajstić information content (AvgIpc) is 2.21. The van der Waals surface area contributed by atoms with Gasteiger partial charge in [0.25, 0.3) is 0 Å². The topological polar surface area (TPSA) is 38.3 Å². The second-order valence-corrected chi connectivity index (χ2v) is 3.76. The third-order valence-electron chi connectivity index (χ3n) is 1.70. The van der Waals surface area contributed by atoms with Crippen LogP contribution in [-0.2, 0) is 4.79 Å². The van der Waals surface area contributed by atoms with Crippen molar-refractivity contribution in [2.24, 2.45) is 0 Å². The lowest BCUT2D eigenvalue weighted by Crippen LogP contribution is -2.15. The van der Waals surface area contributed by atoms with Crippen molar-refractivity contribution >= 4 is 23.2 Å². The Hall–Kier alpha value is -1.29. The normalized spacial score (nSPS) is 10.3. The zero-order valence-electron chi connectivity index (χ0n) is 9.09. The van der Waals surface area contributed by atoms with E-state index in [1.165, 1.54) is 18.2 Å². The van der Waals surface area contributed by atoms with E-state index in [2.05, 4.69) is 5.32 Å². The predicted octanol–water partition coefficient (Wildman–Crippen LogP) is 2.79. The van der Waals surface area contributed by atoms with Crippen LogP contribution in [-0.4, -0.2) is 17.9 Å². The second kappa shape index (κ2) is 5.70. The monoisotopic (exact) mass is 245 g/mol. The van der Waals surface area contributed by atoms with Gasteiger partial charge in [-0.2, -0.15) is 0 Å². The van der Waals surface area contributed by atoms with Gasteiger partial charge in [0, 0.05) is 6.07 Å². The van der Waals surface area contributed by atoms with E-state index in [9.17, 15) is 9.18 Å². The van der Waals surface area contributed by atoms with E-state index in [0.717, 1.165) is 0 Å². The molecule has 1 N–H and O–H groups in total. The summed E-state index contributed by atoms with van der Waals surface area (Å²) in [6.45, 7) is 3.64. The van der Waals surface area contributed by atoms with E-state index in [4.69, 9.17) is 16.3 Å². The van der Waals surface area contributed by atoms with Crippen LogP contribution in [0.5, 0.6) is 5.75 Å². The second-order valence-electron chi connectivity index (χ2n) is 3.49. The first-order chi connectivity index (χ1) is 7.52. The molecule has 0 aliphatic rings. The summed E-state index contributed by atoms with van der Waals surface area (Å²) in [7, 11) is 0. The number of hydrogen-bond donors (Lipinski definition) is 1. The number of amides is 1.